The van der Waals surface area contributed by atoms with Gasteiger partial charge in [-0.1, -0.05) is 12.1 Å². The van der Waals surface area contributed by atoms with Crippen molar-refractivity contribution in [2.45, 2.75) is 18.8 Å². The molecule has 2 heterocycles. The lowest BCUT2D eigenvalue weighted by atomic mass is 9.91. The quantitative estimate of drug-likeness (QED) is 0.891. The highest BCUT2D eigenvalue weighted by Gasteiger charge is 2.19. The van der Waals surface area contributed by atoms with E-state index >= 15 is 0 Å². The summed E-state index contributed by atoms with van der Waals surface area (Å²) in [4.78, 5) is 14.2. The Labute approximate surface area is 120 Å². The first-order valence-corrected chi connectivity index (χ1v) is 7.52. The van der Waals surface area contributed by atoms with Crippen molar-refractivity contribution in [3.63, 3.8) is 0 Å². The van der Waals surface area contributed by atoms with Crippen LogP contribution in [0.3, 0.4) is 0 Å². The Bertz CT molecular complexity index is 446. The molecule has 1 N–H and O–H groups in total. The number of nitrogens with zero attached hydrogens (tertiary/aromatic N) is 1. The number of hydrogen-bond acceptors (Lipinski definition) is 3. The van der Waals surface area contributed by atoms with Crippen LogP contribution in [0.4, 0.5) is 0 Å². The topological polar surface area (TPSA) is 41.6 Å². The summed E-state index contributed by atoms with van der Waals surface area (Å²) in [5.41, 5.74) is 2.13. The van der Waals surface area contributed by atoms with Crippen molar-refractivity contribution in [1.29, 1.82) is 0 Å². The van der Waals surface area contributed by atoms with Crippen molar-refractivity contribution in [3.8, 4) is 0 Å². The molecule has 2 aliphatic rings. The van der Waals surface area contributed by atoms with Crippen molar-refractivity contribution in [2.24, 2.45) is 0 Å². The van der Waals surface area contributed by atoms with Gasteiger partial charge in [-0.05, 0) is 43.0 Å². The summed E-state index contributed by atoms with van der Waals surface area (Å²) < 4.78 is 5.28. The van der Waals surface area contributed by atoms with E-state index in [2.05, 4.69) is 17.4 Å². The maximum atomic E-state index is 12.3. The smallest absolute Gasteiger partial charge is 0.254 e. The molecule has 0 aliphatic carbocycles. The van der Waals surface area contributed by atoms with Gasteiger partial charge in [-0.25, -0.2) is 0 Å². The molecule has 1 aromatic rings. The van der Waals surface area contributed by atoms with E-state index in [1.807, 2.05) is 17.0 Å². The summed E-state index contributed by atoms with van der Waals surface area (Å²) in [5.74, 6) is 0.720. The van der Waals surface area contributed by atoms with E-state index in [1.54, 1.807) is 0 Å². The number of amides is 1. The third-order valence-electron chi connectivity index (χ3n) is 4.22. The molecular formula is C16H22N2O2. The van der Waals surface area contributed by atoms with Gasteiger partial charge in [0.1, 0.15) is 0 Å². The predicted octanol–water partition coefficient (Wildman–Crippen LogP) is 1.63. The van der Waals surface area contributed by atoms with E-state index in [-0.39, 0.29) is 5.91 Å². The summed E-state index contributed by atoms with van der Waals surface area (Å²) in [6.45, 7) is 4.89. The Kier molecular flexibility index (Phi) is 4.33. The lowest BCUT2D eigenvalue weighted by Gasteiger charge is -2.27. The number of carbonyl (C=O) groups is 1. The standard InChI is InChI=1S/C16H22N2O2/c19-16(18-8-10-20-11-9-18)14-5-3-13(4-6-14)15-2-1-7-17-12-15/h3-6,15,17H,1-2,7-12H2/t15-/m1/s1. The van der Waals surface area contributed by atoms with Crippen LogP contribution in [0.15, 0.2) is 24.3 Å². The van der Waals surface area contributed by atoms with E-state index in [1.165, 1.54) is 18.4 Å². The molecule has 0 unspecified atom stereocenters. The number of ether oxygens (including phenoxy) is 1. The maximum Gasteiger partial charge on any atom is 0.254 e. The first-order chi connectivity index (χ1) is 9.84. The highest BCUT2D eigenvalue weighted by atomic mass is 16.5. The number of benzene rings is 1. The van der Waals surface area contributed by atoms with Crippen LogP contribution in [0.2, 0.25) is 0 Å². The SMILES string of the molecule is O=C(c1ccc([C@@H]2CCCNC2)cc1)N1CCOCC1. The van der Waals surface area contributed by atoms with E-state index in [4.69, 9.17) is 4.74 Å². The third kappa shape index (κ3) is 3.02. The summed E-state index contributed by atoms with van der Waals surface area (Å²) in [6.07, 6.45) is 2.48. The summed E-state index contributed by atoms with van der Waals surface area (Å²) in [7, 11) is 0. The average Bonchev–Trinajstić information content (AvgIpc) is 2.56. The average molecular weight is 274 g/mol. The summed E-state index contributed by atoms with van der Waals surface area (Å²) in [5, 5.41) is 3.43. The maximum absolute atomic E-state index is 12.3. The molecule has 4 heteroatoms. The second kappa shape index (κ2) is 6.37. The molecule has 1 aromatic carbocycles. The molecule has 20 heavy (non-hydrogen) atoms. The van der Waals surface area contributed by atoms with E-state index in [0.717, 1.165) is 18.7 Å². The molecule has 2 aliphatic heterocycles. The van der Waals surface area contributed by atoms with Crippen LogP contribution in [0.25, 0.3) is 0 Å². The number of piperidine rings is 1. The fraction of sp³-hybridized carbons (Fsp3) is 0.562. The van der Waals surface area contributed by atoms with Crippen molar-refractivity contribution in [2.75, 3.05) is 39.4 Å². The van der Waals surface area contributed by atoms with Crippen LogP contribution < -0.4 is 5.32 Å². The Hall–Kier alpha value is -1.39. The number of morpholine rings is 1. The molecule has 4 nitrogen and oxygen atoms in total. The molecule has 2 saturated heterocycles. The Balaban J connectivity index is 1.67. The predicted molar refractivity (Wildman–Crippen MR) is 78.0 cm³/mol. The largest absolute Gasteiger partial charge is 0.378 e. The normalized spacial score (nSPS) is 23.6. The Morgan fingerprint density at radius 2 is 1.95 bits per heavy atom. The van der Waals surface area contributed by atoms with Crippen LogP contribution in [0.5, 0.6) is 0 Å². The van der Waals surface area contributed by atoms with Gasteiger partial charge in [-0.2, -0.15) is 0 Å². The van der Waals surface area contributed by atoms with Crippen molar-refractivity contribution in [3.05, 3.63) is 35.4 Å². The molecule has 1 amide bonds. The molecule has 1 atom stereocenters. The molecule has 3 rings (SSSR count). The van der Waals surface area contributed by atoms with Crippen LogP contribution in [0, 0.1) is 0 Å². The fourth-order valence-corrected chi connectivity index (χ4v) is 2.98. The van der Waals surface area contributed by atoms with E-state index in [9.17, 15) is 4.79 Å². The van der Waals surface area contributed by atoms with Gasteiger partial charge in [0.15, 0.2) is 0 Å². The number of hydrogen-bond donors (Lipinski definition) is 1. The van der Waals surface area contributed by atoms with E-state index < -0.39 is 0 Å². The monoisotopic (exact) mass is 274 g/mol. The second-order valence-corrected chi connectivity index (χ2v) is 5.57. The molecule has 108 valence electrons. The Morgan fingerprint density at radius 1 is 1.20 bits per heavy atom. The number of nitrogens with one attached hydrogen (secondary N) is 1. The van der Waals surface area contributed by atoms with Crippen LogP contribution >= 0.6 is 0 Å². The van der Waals surface area contributed by atoms with Gasteiger partial charge in [-0.3, -0.25) is 4.79 Å². The van der Waals surface area contributed by atoms with Gasteiger partial charge < -0.3 is 15.0 Å². The molecule has 0 spiro atoms. The van der Waals surface area contributed by atoms with Gasteiger partial charge in [-0.15, -0.1) is 0 Å². The van der Waals surface area contributed by atoms with Gasteiger partial charge in [0.05, 0.1) is 13.2 Å². The molecule has 0 aromatic heterocycles. The minimum Gasteiger partial charge on any atom is -0.378 e. The number of carbonyl (C=O) groups excluding carboxylic acids is 1. The Morgan fingerprint density at radius 3 is 2.60 bits per heavy atom. The van der Waals surface area contributed by atoms with Gasteiger partial charge in [0.2, 0.25) is 0 Å². The molecular weight excluding hydrogens is 252 g/mol. The first-order valence-electron chi connectivity index (χ1n) is 7.52. The summed E-state index contributed by atoms with van der Waals surface area (Å²) >= 11 is 0. The number of rotatable bonds is 2. The molecule has 2 fully saturated rings. The van der Waals surface area contributed by atoms with Crippen LogP contribution in [-0.2, 0) is 4.74 Å². The van der Waals surface area contributed by atoms with Gasteiger partial charge in [0.25, 0.3) is 5.91 Å². The van der Waals surface area contributed by atoms with Crippen molar-refractivity contribution < 1.29 is 9.53 Å². The van der Waals surface area contributed by atoms with Crippen LogP contribution in [0.1, 0.15) is 34.7 Å². The fourth-order valence-electron chi connectivity index (χ4n) is 2.98. The second-order valence-electron chi connectivity index (χ2n) is 5.57. The molecule has 0 bridgehead atoms. The van der Waals surface area contributed by atoms with Gasteiger partial charge >= 0.3 is 0 Å². The third-order valence-corrected chi connectivity index (χ3v) is 4.22. The summed E-state index contributed by atoms with van der Waals surface area (Å²) in [6, 6.07) is 8.18. The van der Waals surface area contributed by atoms with Crippen LogP contribution in [-0.4, -0.2) is 50.2 Å². The minimum atomic E-state index is 0.126. The highest BCUT2D eigenvalue weighted by molar-refractivity contribution is 5.94. The first kappa shape index (κ1) is 13.6. The zero-order valence-corrected chi connectivity index (χ0v) is 11.8. The van der Waals surface area contributed by atoms with Crippen molar-refractivity contribution in [1.82, 2.24) is 10.2 Å². The molecule has 0 saturated carbocycles. The lowest BCUT2D eigenvalue weighted by molar-refractivity contribution is 0.0303. The highest BCUT2D eigenvalue weighted by Crippen LogP contribution is 2.23. The van der Waals surface area contributed by atoms with Crippen molar-refractivity contribution >= 4 is 5.91 Å². The van der Waals surface area contributed by atoms with Gasteiger partial charge in [0, 0.05) is 25.2 Å². The zero-order chi connectivity index (χ0) is 13.8. The lowest BCUT2D eigenvalue weighted by Crippen LogP contribution is -2.40. The minimum absolute atomic E-state index is 0.126. The molecule has 0 radical (unpaired) electrons. The zero-order valence-electron chi connectivity index (χ0n) is 11.8. The van der Waals surface area contributed by atoms with E-state index in [0.29, 0.717) is 32.2 Å².